The second-order valence-corrected chi connectivity index (χ2v) is 5.58. The number of allylic oxidation sites excluding steroid dienone is 5. The van der Waals surface area contributed by atoms with Crippen LogP contribution in [0.4, 0.5) is 0 Å². The first-order valence-electron chi connectivity index (χ1n) is 7.64. The van der Waals surface area contributed by atoms with Gasteiger partial charge in [0.2, 0.25) is 0 Å². The lowest BCUT2D eigenvalue weighted by atomic mass is 10.0. The van der Waals surface area contributed by atoms with E-state index >= 15 is 0 Å². The van der Waals surface area contributed by atoms with Crippen LogP contribution in [0.15, 0.2) is 61.6 Å². The van der Waals surface area contributed by atoms with Crippen molar-refractivity contribution in [3.05, 3.63) is 67.2 Å². The topological polar surface area (TPSA) is 57.6 Å². The molecule has 6 heteroatoms. The number of nitrogens with one attached hydrogen (secondary N) is 2. The predicted molar refractivity (Wildman–Crippen MR) is 104 cm³/mol. The van der Waals surface area contributed by atoms with E-state index in [1.165, 1.54) is 0 Å². The summed E-state index contributed by atoms with van der Waals surface area (Å²) in [6, 6.07) is 3.99. The van der Waals surface area contributed by atoms with E-state index < -0.39 is 0 Å². The molecular formula is C18H18IN4O+. The van der Waals surface area contributed by atoms with Crippen LogP contribution >= 0.6 is 23.0 Å². The van der Waals surface area contributed by atoms with E-state index in [0.717, 1.165) is 39.8 Å². The van der Waals surface area contributed by atoms with Gasteiger partial charge in [0.15, 0.2) is 0 Å². The molecule has 0 fully saturated rings. The Hall–Kier alpha value is -2.35. The number of nitrogens with zero attached hydrogens (tertiary/aromatic N) is 2. The molecule has 0 atom stereocenters. The Morgan fingerprint density at radius 2 is 2.38 bits per heavy atom. The summed E-state index contributed by atoms with van der Waals surface area (Å²) < 4.78 is 7.00. The minimum absolute atomic E-state index is 0.887. The average Bonchev–Trinajstić information content (AvgIpc) is 3.24. The molecule has 2 N–H and O–H groups in total. The van der Waals surface area contributed by atoms with Crippen molar-refractivity contribution < 1.29 is 7.90 Å². The molecular weight excluding hydrogens is 415 g/mol. The van der Waals surface area contributed by atoms with Crippen molar-refractivity contribution in [2.75, 3.05) is 0 Å². The number of fused-ring (bicyclic) bond motifs is 1. The molecule has 0 saturated heterocycles. The van der Waals surface area contributed by atoms with Gasteiger partial charge in [-0.05, 0) is 28.9 Å². The molecule has 0 aliphatic carbocycles. The second-order valence-electron chi connectivity index (χ2n) is 5.19. The molecule has 0 amide bonds. The molecule has 0 unspecified atom stereocenters. The van der Waals surface area contributed by atoms with Crippen LogP contribution in [0.2, 0.25) is 0 Å². The van der Waals surface area contributed by atoms with Crippen LogP contribution in [0.25, 0.3) is 27.9 Å². The molecule has 3 aromatic heterocycles. The molecule has 122 valence electrons. The Balaban J connectivity index is 2.13. The fraction of sp³-hybridized carbons (Fsp3) is 0.111. The maximum Gasteiger partial charge on any atom is 0.327 e. The summed E-state index contributed by atoms with van der Waals surface area (Å²) in [7, 11) is 0. The van der Waals surface area contributed by atoms with Crippen LogP contribution < -0.4 is 7.90 Å². The molecule has 3 rings (SSSR count). The summed E-state index contributed by atoms with van der Waals surface area (Å²) >= 11 is 1.86. The molecule has 3 aromatic rings. The van der Waals surface area contributed by atoms with Crippen molar-refractivity contribution in [2.45, 2.75) is 13.3 Å². The lowest BCUT2D eigenvalue weighted by Crippen LogP contribution is -2.37. The Labute approximate surface area is 154 Å². The fourth-order valence-electron chi connectivity index (χ4n) is 2.62. The van der Waals surface area contributed by atoms with Gasteiger partial charge in [0.1, 0.15) is 6.20 Å². The van der Waals surface area contributed by atoms with Gasteiger partial charge >= 0.3 is 5.65 Å². The zero-order chi connectivity index (χ0) is 16.9. The Kier molecular flexibility index (Phi) is 5.14. The lowest BCUT2D eigenvalue weighted by Gasteiger charge is -2.02. The minimum atomic E-state index is 0.887. The first-order chi connectivity index (χ1) is 11.8. The summed E-state index contributed by atoms with van der Waals surface area (Å²) in [6.45, 7) is 6.04. The van der Waals surface area contributed by atoms with Crippen LogP contribution in [-0.4, -0.2) is 15.2 Å². The molecule has 0 saturated carbocycles. The van der Waals surface area contributed by atoms with Gasteiger partial charge in [-0.25, -0.2) is 4.98 Å². The van der Waals surface area contributed by atoms with Gasteiger partial charge in [0, 0.05) is 5.56 Å². The smallest absolute Gasteiger partial charge is 0.277 e. The van der Waals surface area contributed by atoms with Crippen molar-refractivity contribution in [2.24, 2.45) is 0 Å². The van der Waals surface area contributed by atoms with Gasteiger partial charge in [-0.1, -0.05) is 37.8 Å². The van der Waals surface area contributed by atoms with Crippen molar-refractivity contribution in [3.63, 3.8) is 0 Å². The highest BCUT2D eigenvalue weighted by molar-refractivity contribution is 14.1. The highest BCUT2D eigenvalue weighted by Crippen LogP contribution is 2.31. The third-order valence-electron chi connectivity index (χ3n) is 3.76. The summed E-state index contributed by atoms with van der Waals surface area (Å²) in [5.41, 5.74) is 4.90. The van der Waals surface area contributed by atoms with E-state index in [9.17, 15) is 0 Å². The van der Waals surface area contributed by atoms with Gasteiger partial charge < -0.3 is 0 Å². The van der Waals surface area contributed by atoms with Crippen LogP contribution in [0, 0.1) is 0 Å². The molecule has 0 bridgehead atoms. The first-order valence-corrected chi connectivity index (χ1v) is 8.52. The Morgan fingerprint density at radius 3 is 3.12 bits per heavy atom. The first kappa shape index (κ1) is 16.5. The zero-order valence-corrected chi connectivity index (χ0v) is 15.4. The summed E-state index contributed by atoms with van der Waals surface area (Å²) in [5.74, 6) is 0. The number of halogens is 1. The maximum atomic E-state index is 5.32. The van der Waals surface area contributed by atoms with Gasteiger partial charge in [-0.3, -0.25) is 8.27 Å². The number of aromatic amines is 2. The standard InChI is InChI=1S/C18H17IN4O/c1-3-5-6-8-13(4-2)15-12-21-22-17(15)16-11-20-18-14(16)9-7-10-23(18)24-19/h4-12H,2-3H2,1H3,(H,21,22)/p+1/b6-5-,13-8+. The second kappa shape index (κ2) is 7.48. The molecule has 24 heavy (non-hydrogen) atoms. The van der Waals surface area contributed by atoms with Crippen molar-refractivity contribution in [1.82, 2.24) is 15.2 Å². The molecule has 0 spiro atoms. The molecule has 3 heterocycles. The lowest BCUT2D eigenvalue weighted by molar-refractivity contribution is -0.822. The minimum Gasteiger partial charge on any atom is -0.277 e. The zero-order valence-electron chi connectivity index (χ0n) is 13.3. The predicted octanol–water partition coefficient (Wildman–Crippen LogP) is 4.16. The molecule has 0 aliphatic rings. The number of H-pyrrole nitrogens is 2. The summed E-state index contributed by atoms with van der Waals surface area (Å²) in [5, 5.41) is 8.39. The van der Waals surface area contributed by atoms with Crippen molar-refractivity contribution in [1.29, 1.82) is 0 Å². The Morgan fingerprint density at radius 1 is 1.50 bits per heavy atom. The monoisotopic (exact) mass is 433 g/mol. The van der Waals surface area contributed by atoms with Gasteiger partial charge in [0.25, 0.3) is 23.0 Å². The largest absolute Gasteiger partial charge is 0.327 e. The maximum absolute atomic E-state index is 5.32. The number of aromatic nitrogens is 4. The highest BCUT2D eigenvalue weighted by atomic mass is 127. The SMILES string of the molecule is C=C/C(=C\C=C/CC)c1cn[nH]c1-c1c[nH]c2c1ccc[n+]2OI. The molecule has 0 aromatic carbocycles. The van der Waals surface area contributed by atoms with Gasteiger partial charge in [-0.2, -0.15) is 5.10 Å². The number of hydrogen-bond donors (Lipinski definition) is 2. The summed E-state index contributed by atoms with van der Waals surface area (Å²) in [4.78, 5) is 3.26. The van der Waals surface area contributed by atoms with Crippen LogP contribution in [0.3, 0.4) is 0 Å². The van der Waals surface area contributed by atoms with E-state index in [4.69, 9.17) is 3.17 Å². The number of hydrogen-bond acceptors (Lipinski definition) is 2. The fourth-order valence-corrected chi connectivity index (χ4v) is 2.95. The van der Waals surface area contributed by atoms with Crippen LogP contribution in [0.5, 0.6) is 0 Å². The van der Waals surface area contributed by atoms with E-state index in [-0.39, 0.29) is 0 Å². The van der Waals surface area contributed by atoms with Gasteiger partial charge in [-0.15, -0.1) is 0 Å². The third-order valence-corrected chi connectivity index (χ3v) is 4.19. The van der Waals surface area contributed by atoms with E-state index in [2.05, 4.69) is 34.8 Å². The summed E-state index contributed by atoms with van der Waals surface area (Å²) in [6.07, 6.45) is 14.7. The van der Waals surface area contributed by atoms with E-state index in [0.29, 0.717) is 0 Å². The van der Waals surface area contributed by atoms with Crippen molar-refractivity contribution in [3.8, 4) is 11.3 Å². The number of rotatable bonds is 6. The van der Waals surface area contributed by atoms with Crippen molar-refractivity contribution >= 4 is 39.6 Å². The molecule has 0 aliphatic heterocycles. The average molecular weight is 433 g/mol. The van der Waals surface area contributed by atoms with E-state index in [1.807, 2.05) is 72.0 Å². The highest BCUT2D eigenvalue weighted by Gasteiger charge is 2.19. The quantitative estimate of drug-likeness (QED) is 0.349. The Bertz CT molecular complexity index is 920. The van der Waals surface area contributed by atoms with Crippen LogP contribution in [-0.2, 0) is 0 Å². The molecule has 5 nitrogen and oxygen atoms in total. The molecule has 0 radical (unpaired) electrons. The van der Waals surface area contributed by atoms with Gasteiger partial charge in [0.05, 0.1) is 29.0 Å². The van der Waals surface area contributed by atoms with E-state index in [1.54, 1.807) is 4.73 Å². The number of pyridine rings is 1. The van der Waals surface area contributed by atoms with Crippen LogP contribution in [0.1, 0.15) is 18.9 Å². The third kappa shape index (κ3) is 3.01. The normalized spacial score (nSPS) is 12.2.